The summed E-state index contributed by atoms with van der Waals surface area (Å²) >= 11 is 0. The maximum Gasteiger partial charge on any atom is 0.236 e. The van der Waals surface area contributed by atoms with Crippen LogP contribution in [0.25, 0.3) is 22.2 Å². The number of nitrogens with one attached hydrogen (secondary N) is 3. The van der Waals surface area contributed by atoms with E-state index in [1.807, 2.05) is 30.7 Å². The number of nitrogens with zero attached hydrogens (tertiary/aromatic N) is 4. The molecule has 1 fully saturated rings. The number of nitriles is 1. The van der Waals surface area contributed by atoms with Gasteiger partial charge in [0.05, 0.1) is 18.0 Å². The maximum atomic E-state index is 11.9. The first-order chi connectivity index (χ1) is 12.8. The Labute approximate surface area is 150 Å². The van der Waals surface area contributed by atoms with Gasteiger partial charge in [0.15, 0.2) is 0 Å². The first kappa shape index (κ1) is 16.1. The minimum atomic E-state index is -0.0815. The van der Waals surface area contributed by atoms with Gasteiger partial charge in [0.25, 0.3) is 0 Å². The molecule has 3 aromatic heterocycles. The molecule has 8 nitrogen and oxygen atoms in total. The Bertz CT molecular complexity index is 946. The van der Waals surface area contributed by atoms with Crippen molar-refractivity contribution in [1.29, 1.82) is 5.26 Å². The summed E-state index contributed by atoms with van der Waals surface area (Å²) in [7, 11) is 0. The van der Waals surface area contributed by atoms with E-state index in [2.05, 4.69) is 25.5 Å². The lowest BCUT2D eigenvalue weighted by Crippen LogP contribution is -2.42. The lowest BCUT2D eigenvalue weighted by atomic mass is 10.0. The molecule has 0 aromatic carbocycles. The molecule has 3 aromatic rings. The van der Waals surface area contributed by atoms with Gasteiger partial charge in [-0.15, -0.1) is 0 Å². The van der Waals surface area contributed by atoms with E-state index < -0.39 is 0 Å². The Kier molecular flexibility index (Phi) is 4.27. The molecule has 132 valence electrons. The fourth-order valence-electron chi connectivity index (χ4n) is 3.44. The molecule has 1 aliphatic rings. The Morgan fingerprint density at radius 3 is 2.96 bits per heavy atom. The Morgan fingerprint density at radius 2 is 2.23 bits per heavy atom. The fraction of sp³-hybridized carbons (Fsp3) is 0.333. The van der Waals surface area contributed by atoms with Gasteiger partial charge in [-0.05, 0) is 18.9 Å². The third-order valence-corrected chi connectivity index (χ3v) is 4.82. The summed E-state index contributed by atoms with van der Waals surface area (Å²) in [6, 6.07) is 4.20. The zero-order valence-corrected chi connectivity index (χ0v) is 14.2. The molecule has 26 heavy (non-hydrogen) atoms. The van der Waals surface area contributed by atoms with Gasteiger partial charge in [-0.3, -0.25) is 9.89 Å². The highest BCUT2D eigenvalue weighted by molar-refractivity contribution is 5.98. The van der Waals surface area contributed by atoms with Gasteiger partial charge in [-0.1, -0.05) is 0 Å². The van der Waals surface area contributed by atoms with E-state index in [9.17, 15) is 4.79 Å². The van der Waals surface area contributed by atoms with Gasteiger partial charge < -0.3 is 15.2 Å². The average molecular weight is 349 g/mol. The summed E-state index contributed by atoms with van der Waals surface area (Å²) in [5.74, 6) is -0.0815. The largest absolute Gasteiger partial charge is 0.381 e. The van der Waals surface area contributed by atoms with Crippen LogP contribution in [0.3, 0.4) is 0 Å². The molecular formula is C18H19N7O. The van der Waals surface area contributed by atoms with Crippen LogP contribution in [-0.2, 0) is 4.79 Å². The summed E-state index contributed by atoms with van der Waals surface area (Å²) in [6.07, 6.45) is 9.00. The Balaban J connectivity index is 1.56. The second-order valence-corrected chi connectivity index (χ2v) is 6.41. The lowest BCUT2D eigenvalue weighted by molar-refractivity contribution is -0.131. The van der Waals surface area contributed by atoms with E-state index in [0.717, 1.165) is 40.7 Å². The number of likely N-dealkylation sites (tertiary alicyclic amines) is 1. The summed E-state index contributed by atoms with van der Waals surface area (Å²) in [5, 5.41) is 20.3. The highest BCUT2D eigenvalue weighted by Gasteiger charge is 2.24. The van der Waals surface area contributed by atoms with Crippen molar-refractivity contribution < 1.29 is 4.79 Å². The topological polar surface area (TPSA) is 113 Å². The van der Waals surface area contributed by atoms with Crippen LogP contribution in [0.1, 0.15) is 19.3 Å². The SMILES string of the molecule is N#CCC(=O)N1CCC(Nc2c(-c3cn[nH]c3)cnc3[nH]ccc23)CC1. The monoisotopic (exact) mass is 349 g/mol. The van der Waals surface area contributed by atoms with E-state index in [1.165, 1.54) is 0 Å². The van der Waals surface area contributed by atoms with Crippen molar-refractivity contribution in [2.24, 2.45) is 0 Å². The number of hydrogen-bond acceptors (Lipinski definition) is 5. The van der Waals surface area contributed by atoms with E-state index in [-0.39, 0.29) is 18.4 Å². The van der Waals surface area contributed by atoms with Crippen molar-refractivity contribution in [1.82, 2.24) is 25.1 Å². The molecular weight excluding hydrogens is 330 g/mol. The molecule has 0 saturated carbocycles. The molecule has 8 heteroatoms. The zero-order valence-electron chi connectivity index (χ0n) is 14.2. The number of pyridine rings is 1. The molecule has 1 saturated heterocycles. The first-order valence-corrected chi connectivity index (χ1v) is 8.63. The number of fused-ring (bicyclic) bond motifs is 1. The van der Waals surface area contributed by atoms with Gasteiger partial charge in [0.2, 0.25) is 5.91 Å². The van der Waals surface area contributed by atoms with Crippen LogP contribution in [0.4, 0.5) is 5.69 Å². The van der Waals surface area contributed by atoms with Crippen LogP contribution in [-0.4, -0.2) is 50.1 Å². The molecule has 0 aliphatic carbocycles. The second kappa shape index (κ2) is 6.88. The number of H-pyrrole nitrogens is 2. The number of carbonyl (C=O) groups excluding carboxylic acids is 1. The van der Waals surface area contributed by atoms with Crippen LogP contribution in [0, 0.1) is 11.3 Å². The van der Waals surface area contributed by atoms with Crippen molar-refractivity contribution >= 4 is 22.6 Å². The summed E-state index contributed by atoms with van der Waals surface area (Å²) in [4.78, 5) is 21.3. The van der Waals surface area contributed by atoms with Crippen LogP contribution < -0.4 is 5.32 Å². The average Bonchev–Trinajstić information content (AvgIpc) is 3.34. The van der Waals surface area contributed by atoms with Crippen LogP contribution in [0.5, 0.6) is 0 Å². The van der Waals surface area contributed by atoms with Gasteiger partial charge in [0.1, 0.15) is 12.1 Å². The summed E-state index contributed by atoms with van der Waals surface area (Å²) in [6.45, 7) is 1.33. The van der Waals surface area contributed by atoms with Crippen molar-refractivity contribution in [2.75, 3.05) is 18.4 Å². The van der Waals surface area contributed by atoms with Crippen molar-refractivity contribution in [3.05, 3.63) is 30.9 Å². The van der Waals surface area contributed by atoms with Crippen LogP contribution >= 0.6 is 0 Å². The normalized spacial score (nSPS) is 15.1. The first-order valence-electron chi connectivity index (χ1n) is 8.63. The maximum absolute atomic E-state index is 11.9. The van der Waals surface area contributed by atoms with Crippen molar-refractivity contribution in [2.45, 2.75) is 25.3 Å². The van der Waals surface area contributed by atoms with E-state index in [0.29, 0.717) is 13.1 Å². The number of amides is 1. The summed E-state index contributed by atoms with van der Waals surface area (Å²) < 4.78 is 0. The van der Waals surface area contributed by atoms with Crippen molar-refractivity contribution in [3.8, 4) is 17.2 Å². The fourth-order valence-corrected chi connectivity index (χ4v) is 3.44. The predicted octanol–water partition coefficient (Wildman–Crippen LogP) is 2.27. The molecule has 0 spiro atoms. The molecule has 0 unspecified atom stereocenters. The number of rotatable bonds is 4. The highest BCUT2D eigenvalue weighted by atomic mass is 16.2. The van der Waals surface area contributed by atoms with E-state index in [4.69, 9.17) is 5.26 Å². The van der Waals surface area contributed by atoms with Gasteiger partial charge >= 0.3 is 0 Å². The Morgan fingerprint density at radius 1 is 1.38 bits per heavy atom. The zero-order chi connectivity index (χ0) is 17.9. The van der Waals surface area contributed by atoms with Crippen molar-refractivity contribution in [3.63, 3.8) is 0 Å². The van der Waals surface area contributed by atoms with Crippen LogP contribution in [0.15, 0.2) is 30.9 Å². The molecule has 0 radical (unpaired) electrons. The number of carbonyl (C=O) groups is 1. The highest BCUT2D eigenvalue weighted by Crippen LogP contribution is 2.34. The van der Waals surface area contributed by atoms with Crippen LogP contribution in [0.2, 0.25) is 0 Å². The predicted molar refractivity (Wildman–Crippen MR) is 97.1 cm³/mol. The third-order valence-electron chi connectivity index (χ3n) is 4.82. The molecule has 4 heterocycles. The molecule has 0 atom stereocenters. The minimum absolute atomic E-state index is 0.0446. The Hall–Kier alpha value is -3.34. The number of aromatic amines is 2. The second-order valence-electron chi connectivity index (χ2n) is 6.41. The number of anilines is 1. The van der Waals surface area contributed by atoms with Gasteiger partial charge in [-0.25, -0.2) is 4.98 Å². The smallest absolute Gasteiger partial charge is 0.236 e. The van der Waals surface area contributed by atoms with Gasteiger partial charge in [-0.2, -0.15) is 10.4 Å². The van der Waals surface area contributed by atoms with E-state index >= 15 is 0 Å². The molecule has 3 N–H and O–H groups in total. The molecule has 1 aliphatic heterocycles. The molecule has 4 rings (SSSR count). The summed E-state index contributed by atoms with van der Waals surface area (Å²) in [5.41, 5.74) is 3.83. The number of hydrogen-bond donors (Lipinski definition) is 3. The standard InChI is InChI=1S/C18H19N7O/c19-5-1-16(26)25-7-3-13(4-8-25)24-17-14-2-6-20-18(14)21-11-15(17)12-9-22-23-10-12/h2,6,9-11,13H,1,3-4,7-8H2,(H,22,23)(H2,20,21,24). The van der Waals surface area contributed by atoms with E-state index in [1.54, 1.807) is 11.1 Å². The third kappa shape index (κ3) is 2.99. The number of piperidine rings is 1. The lowest BCUT2D eigenvalue weighted by Gasteiger charge is -2.33. The molecule has 1 amide bonds. The minimum Gasteiger partial charge on any atom is -0.381 e. The number of aromatic nitrogens is 4. The molecule has 0 bridgehead atoms. The van der Waals surface area contributed by atoms with Gasteiger partial charge in [0, 0.05) is 54.2 Å². The quantitative estimate of drug-likeness (QED) is 0.668.